The number of ether oxygens (including phenoxy) is 1. The molecule has 0 amide bonds. The SMILES string of the molecule is CC1COCCN1CCNCC1CCCCC1. The van der Waals surface area contributed by atoms with Crippen LogP contribution >= 0.6 is 0 Å². The van der Waals surface area contributed by atoms with E-state index >= 15 is 0 Å². The maximum atomic E-state index is 5.45. The van der Waals surface area contributed by atoms with Crippen LogP contribution in [0.25, 0.3) is 0 Å². The van der Waals surface area contributed by atoms with E-state index in [1.165, 1.54) is 45.2 Å². The average molecular weight is 240 g/mol. The lowest BCUT2D eigenvalue weighted by atomic mass is 9.89. The minimum Gasteiger partial charge on any atom is -0.379 e. The van der Waals surface area contributed by atoms with Crippen molar-refractivity contribution in [3.8, 4) is 0 Å². The molecule has 2 aliphatic rings. The Kier molecular flexibility index (Phi) is 5.75. The summed E-state index contributed by atoms with van der Waals surface area (Å²) in [6, 6.07) is 0.597. The van der Waals surface area contributed by atoms with Crippen LogP contribution in [0.15, 0.2) is 0 Å². The molecule has 1 saturated heterocycles. The highest BCUT2D eigenvalue weighted by Gasteiger charge is 2.18. The Bertz CT molecular complexity index is 204. The molecule has 1 unspecified atom stereocenters. The van der Waals surface area contributed by atoms with Crippen molar-refractivity contribution in [3.05, 3.63) is 0 Å². The third-order valence-electron chi connectivity index (χ3n) is 4.24. The quantitative estimate of drug-likeness (QED) is 0.743. The molecular formula is C14H28N2O. The molecule has 2 rings (SSSR count). The van der Waals surface area contributed by atoms with Gasteiger partial charge in [-0.2, -0.15) is 0 Å². The topological polar surface area (TPSA) is 24.5 Å². The Hall–Kier alpha value is -0.120. The van der Waals surface area contributed by atoms with Gasteiger partial charge in [0.05, 0.1) is 13.2 Å². The van der Waals surface area contributed by atoms with Gasteiger partial charge in [-0.3, -0.25) is 4.90 Å². The molecule has 0 aromatic carbocycles. The van der Waals surface area contributed by atoms with Gasteiger partial charge in [0.1, 0.15) is 0 Å². The fourth-order valence-electron chi connectivity index (χ4n) is 3.01. The minimum absolute atomic E-state index is 0.597. The zero-order chi connectivity index (χ0) is 11.9. The van der Waals surface area contributed by atoms with Crippen molar-refractivity contribution >= 4 is 0 Å². The Morgan fingerprint density at radius 2 is 2.06 bits per heavy atom. The fraction of sp³-hybridized carbons (Fsp3) is 1.00. The van der Waals surface area contributed by atoms with Crippen LogP contribution in [0.3, 0.4) is 0 Å². The lowest BCUT2D eigenvalue weighted by molar-refractivity contribution is 0.000330. The van der Waals surface area contributed by atoms with E-state index in [9.17, 15) is 0 Å². The van der Waals surface area contributed by atoms with Crippen LogP contribution in [-0.4, -0.2) is 50.3 Å². The molecule has 1 aliphatic heterocycles. The second-order valence-electron chi connectivity index (χ2n) is 5.67. The van der Waals surface area contributed by atoms with Crippen LogP contribution in [-0.2, 0) is 4.74 Å². The van der Waals surface area contributed by atoms with E-state index in [0.717, 1.165) is 32.2 Å². The highest BCUT2D eigenvalue weighted by Crippen LogP contribution is 2.22. The first-order chi connectivity index (χ1) is 8.36. The maximum absolute atomic E-state index is 5.45. The van der Waals surface area contributed by atoms with Gasteiger partial charge in [-0.15, -0.1) is 0 Å². The molecule has 1 heterocycles. The molecule has 1 aliphatic carbocycles. The van der Waals surface area contributed by atoms with Gasteiger partial charge in [0, 0.05) is 25.7 Å². The van der Waals surface area contributed by atoms with Gasteiger partial charge in [-0.1, -0.05) is 19.3 Å². The van der Waals surface area contributed by atoms with E-state index < -0.39 is 0 Å². The summed E-state index contributed by atoms with van der Waals surface area (Å²) in [5.41, 5.74) is 0. The van der Waals surface area contributed by atoms with Crippen molar-refractivity contribution in [3.63, 3.8) is 0 Å². The molecule has 0 bridgehead atoms. The van der Waals surface area contributed by atoms with Gasteiger partial charge in [-0.05, 0) is 32.2 Å². The van der Waals surface area contributed by atoms with E-state index in [1.807, 2.05) is 0 Å². The molecule has 17 heavy (non-hydrogen) atoms. The first-order valence-electron chi connectivity index (χ1n) is 7.39. The first-order valence-corrected chi connectivity index (χ1v) is 7.39. The summed E-state index contributed by atoms with van der Waals surface area (Å²) in [7, 11) is 0. The second-order valence-corrected chi connectivity index (χ2v) is 5.67. The number of nitrogens with one attached hydrogen (secondary N) is 1. The molecule has 0 spiro atoms. The van der Waals surface area contributed by atoms with Crippen molar-refractivity contribution in [2.24, 2.45) is 5.92 Å². The molecular weight excluding hydrogens is 212 g/mol. The number of hydrogen-bond donors (Lipinski definition) is 1. The van der Waals surface area contributed by atoms with E-state index in [0.29, 0.717) is 6.04 Å². The summed E-state index contributed by atoms with van der Waals surface area (Å²) >= 11 is 0. The molecule has 2 fully saturated rings. The molecule has 0 aromatic rings. The number of rotatable bonds is 5. The Morgan fingerprint density at radius 1 is 1.24 bits per heavy atom. The van der Waals surface area contributed by atoms with Crippen molar-refractivity contribution in [1.82, 2.24) is 10.2 Å². The molecule has 0 radical (unpaired) electrons. The van der Waals surface area contributed by atoms with Gasteiger partial charge in [0.15, 0.2) is 0 Å². The average Bonchev–Trinajstić information content (AvgIpc) is 2.38. The lowest BCUT2D eigenvalue weighted by Gasteiger charge is -2.33. The predicted octanol–water partition coefficient (Wildman–Crippen LogP) is 1.88. The maximum Gasteiger partial charge on any atom is 0.0619 e. The highest BCUT2D eigenvalue weighted by molar-refractivity contribution is 4.73. The van der Waals surface area contributed by atoms with Gasteiger partial charge < -0.3 is 10.1 Å². The van der Waals surface area contributed by atoms with Gasteiger partial charge >= 0.3 is 0 Å². The Labute approximate surface area is 106 Å². The zero-order valence-corrected chi connectivity index (χ0v) is 11.3. The smallest absolute Gasteiger partial charge is 0.0619 e. The largest absolute Gasteiger partial charge is 0.379 e. The second kappa shape index (κ2) is 7.34. The molecule has 1 saturated carbocycles. The number of nitrogens with zero attached hydrogens (tertiary/aromatic N) is 1. The minimum atomic E-state index is 0.597. The molecule has 100 valence electrons. The standard InChI is InChI=1S/C14H28N2O/c1-13-12-17-10-9-16(13)8-7-15-11-14-5-3-2-4-6-14/h13-15H,2-12H2,1H3. The summed E-state index contributed by atoms with van der Waals surface area (Å²) in [4.78, 5) is 2.54. The van der Waals surface area contributed by atoms with E-state index in [4.69, 9.17) is 4.74 Å². The van der Waals surface area contributed by atoms with Gasteiger partial charge in [0.25, 0.3) is 0 Å². The Morgan fingerprint density at radius 3 is 2.82 bits per heavy atom. The molecule has 3 nitrogen and oxygen atoms in total. The summed E-state index contributed by atoms with van der Waals surface area (Å²) in [6.07, 6.45) is 7.25. The van der Waals surface area contributed by atoms with Gasteiger partial charge in [0.2, 0.25) is 0 Å². The van der Waals surface area contributed by atoms with Crippen molar-refractivity contribution in [2.75, 3.05) is 39.4 Å². The lowest BCUT2D eigenvalue weighted by Crippen LogP contribution is -2.46. The normalized spacial score (nSPS) is 28.4. The van der Waals surface area contributed by atoms with E-state index in [2.05, 4.69) is 17.1 Å². The van der Waals surface area contributed by atoms with Crippen LogP contribution in [0.1, 0.15) is 39.0 Å². The molecule has 3 heteroatoms. The molecule has 1 atom stereocenters. The van der Waals surface area contributed by atoms with Crippen molar-refractivity contribution in [1.29, 1.82) is 0 Å². The van der Waals surface area contributed by atoms with E-state index in [-0.39, 0.29) is 0 Å². The number of morpholine rings is 1. The Balaban J connectivity index is 1.53. The third kappa shape index (κ3) is 4.57. The molecule has 1 N–H and O–H groups in total. The van der Waals surface area contributed by atoms with Crippen LogP contribution in [0.5, 0.6) is 0 Å². The van der Waals surface area contributed by atoms with Gasteiger partial charge in [-0.25, -0.2) is 0 Å². The van der Waals surface area contributed by atoms with Crippen molar-refractivity contribution in [2.45, 2.75) is 45.1 Å². The summed E-state index contributed by atoms with van der Waals surface area (Å²) in [6.45, 7) is 8.74. The summed E-state index contributed by atoms with van der Waals surface area (Å²) in [5, 5.41) is 3.64. The first kappa shape index (κ1) is 13.3. The zero-order valence-electron chi connectivity index (χ0n) is 11.3. The van der Waals surface area contributed by atoms with Crippen LogP contribution < -0.4 is 5.32 Å². The van der Waals surface area contributed by atoms with E-state index in [1.54, 1.807) is 0 Å². The summed E-state index contributed by atoms with van der Waals surface area (Å²) in [5.74, 6) is 0.950. The van der Waals surface area contributed by atoms with Crippen LogP contribution in [0.2, 0.25) is 0 Å². The molecule has 0 aromatic heterocycles. The third-order valence-corrected chi connectivity index (χ3v) is 4.24. The fourth-order valence-corrected chi connectivity index (χ4v) is 3.01. The monoisotopic (exact) mass is 240 g/mol. The van der Waals surface area contributed by atoms with Crippen LogP contribution in [0, 0.1) is 5.92 Å². The number of hydrogen-bond acceptors (Lipinski definition) is 3. The van der Waals surface area contributed by atoms with Crippen molar-refractivity contribution < 1.29 is 4.74 Å². The summed E-state index contributed by atoms with van der Waals surface area (Å²) < 4.78 is 5.45. The van der Waals surface area contributed by atoms with Crippen LogP contribution in [0.4, 0.5) is 0 Å². The predicted molar refractivity (Wildman–Crippen MR) is 71.3 cm³/mol. The highest BCUT2D eigenvalue weighted by atomic mass is 16.5.